The number of methoxy groups -OCH3 is 1. The van der Waals surface area contributed by atoms with Gasteiger partial charge in [0.2, 0.25) is 0 Å². The molecule has 1 N–H and O–H groups in total. The second-order valence-corrected chi connectivity index (χ2v) is 9.23. The number of nitrogens with zero attached hydrogens (tertiary/aromatic N) is 3. The van der Waals surface area contributed by atoms with Crippen molar-refractivity contribution < 1.29 is 32.2 Å². The Morgan fingerprint density at radius 1 is 1.05 bits per heavy atom. The highest BCUT2D eigenvalue weighted by Crippen LogP contribution is 2.39. The van der Waals surface area contributed by atoms with Crippen LogP contribution in [0.2, 0.25) is 0 Å². The molecular formula is C25H18F3N3O6S. The van der Waals surface area contributed by atoms with Crippen LogP contribution in [-0.2, 0) is 7.05 Å². The van der Waals surface area contributed by atoms with Gasteiger partial charge in [0.25, 0.3) is 5.56 Å². The summed E-state index contributed by atoms with van der Waals surface area (Å²) in [7, 11) is 3.04. The zero-order chi connectivity index (χ0) is 27.4. The van der Waals surface area contributed by atoms with Gasteiger partial charge in [-0.15, -0.1) is 13.2 Å². The van der Waals surface area contributed by atoms with Gasteiger partial charge in [-0.2, -0.15) is 5.10 Å². The maximum atomic E-state index is 13.8. The Labute approximate surface area is 215 Å². The number of aryl methyl sites for hydroxylation is 2. The van der Waals surface area contributed by atoms with Crippen molar-refractivity contribution in [1.82, 2.24) is 14.3 Å². The van der Waals surface area contributed by atoms with Crippen LogP contribution in [0.5, 0.6) is 17.2 Å². The Morgan fingerprint density at radius 2 is 1.76 bits per heavy atom. The summed E-state index contributed by atoms with van der Waals surface area (Å²) in [5.41, 5.74) is -1.01. The molecule has 0 amide bonds. The zero-order valence-corrected chi connectivity index (χ0v) is 20.8. The Bertz CT molecular complexity index is 1820. The molecule has 2 aromatic carbocycles. The predicted octanol–water partition coefficient (Wildman–Crippen LogP) is 4.90. The van der Waals surface area contributed by atoms with Crippen LogP contribution in [0, 0.1) is 6.92 Å². The van der Waals surface area contributed by atoms with Crippen LogP contribution in [0.25, 0.3) is 27.7 Å². The first-order valence-electron chi connectivity index (χ1n) is 10.9. The van der Waals surface area contributed by atoms with E-state index in [9.17, 15) is 27.9 Å². The molecule has 0 saturated heterocycles. The van der Waals surface area contributed by atoms with E-state index in [1.807, 2.05) is 0 Å². The van der Waals surface area contributed by atoms with E-state index in [4.69, 9.17) is 9.15 Å². The van der Waals surface area contributed by atoms with Gasteiger partial charge in [0.1, 0.15) is 27.4 Å². The fourth-order valence-electron chi connectivity index (χ4n) is 4.17. The average molecular weight is 545 g/mol. The zero-order valence-electron chi connectivity index (χ0n) is 20.0. The lowest BCUT2D eigenvalue weighted by Crippen LogP contribution is -2.22. The molecule has 13 heteroatoms. The molecule has 5 rings (SSSR count). The molecule has 9 nitrogen and oxygen atoms in total. The number of fused-ring (bicyclic) bond motifs is 3. The highest BCUT2D eigenvalue weighted by Gasteiger charge is 2.31. The summed E-state index contributed by atoms with van der Waals surface area (Å²) in [6.07, 6.45) is -4.88. The van der Waals surface area contributed by atoms with Crippen LogP contribution in [-0.4, -0.2) is 32.9 Å². The fourth-order valence-corrected chi connectivity index (χ4v) is 5.05. The lowest BCUT2D eigenvalue weighted by molar-refractivity contribution is -0.274. The van der Waals surface area contributed by atoms with Gasteiger partial charge in [-0.05, 0) is 49.4 Å². The third-order valence-corrected chi connectivity index (χ3v) is 6.75. The van der Waals surface area contributed by atoms with Gasteiger partial charge in [0.05, 0.1) is 23.9 Å². The molecule has 0 radical (unpaired) electrons. The lowest BCUT2D eigenvalue weighted by Gasteiger charge is -2.14. The second-order valence-electron chi connectivity index (χ2n) is 8.14. The van der Waals surface area contributed by atoms with Crippen molar-refractivity contribution in [3.8, 4) is 22.9 Å². The van der Waals surface area contributed by atoms with Gasteiger partial charge in [0.15, 0.2) is 11.3 Å². The predicted molar refractivity (Wildman–Crippen MR) is 133 cm³/mol. The van der Waals surface area contributed by atoms with Gasteiger partial charge in [0, 0.05) is 11.9 Å². The number of rotatable bonds is 5. The fraction of sp³-hybridized carbons (Fsp3) is 0.160. The maximum Gasteiger partial charge on any atom is 0.573 e. The Hall–Kier alpha value is -4.39. The van der Waals surface area contributed by atoms with Crippen LogP contribution >= 0.6 is 11.8 Å². The van der Waals surface area contributed by atoms with Crippen molar-refractivity contribution in [1.29, 1.82) is 0 Å². The van der Waals surface area contributed by atoms with Gasteiger partial charge < -0.3 is 19.0 Å². The highest BCUT2D eigenvalue weighted by molar-refractivity contribution is 7.99. The summed E-state index contributed by atoms with van der Waals surface area (Å²) >= 11 is 0.889. The molecule has 38 heavy (non-hydrogen) atoms. The van der Waals surface area contributed by atoms with E-state index in [1.54, 1.807) is 38.2 Å². The first-order valence-corrected chi connectivity index (χ1v) is 11.8. The third kappa shape index (κ3) is 4.34. The minimum atomic E-state index is -4.88. The van der Waals surface area contributed by atoms with Crippen LogP contribution in [0.1, 0.15) is 5.69 Å². The normalized spacial score (nSPS) is 11.8. The van der Waals surface area contributed by atoms with Gasteiger partial charge in [-0.3, -0.25) is 14.0 Å². The maximum absolute atomic E-state index is 13.8. The second kappa shape index (κ2) is 9.17. The highest BCUT2D eigenvalue weighted by atomic mass is 32.2. The average Bonchev–Trinajstić information content (AvgIpc) is 3.15. The summed E-state index contributed by atoms with van der Waals surface area (Å²) in [5, 5.41) is 15.5. The molecule has 3 aromatic heterocycles. The molecule has 0 bridgehead atoms. The van der Waals surface area contributed by atoms with Crippen LogP contribution in [0.3, 0.4) is 0 Å². The summed E-state index contributed by atoms with van der Waals surface area (Å²) < 4.78 is 55.1. The van der Waals surface area contributed by atoms with E-state index < -0.39 is 29.0 Å². The van der Waals surface area contributed by atoms with Crippen molar-refractivity contribution in [2.75, 3.05) is 7.11 Å². The summed E-state index contributed by atoms with van der Waals surface area (Å²) in [4.78, 5) is 27.1. The van der Waals surface area contributed by atoms with E-state index in [-0.39, 0.29) is 32.6 Å². The molecule has 3 heterocycles. The van der Waals surface area contributed by atoms with Crippen LogP contribution in [0.4, 0.5) is 13.2 Å². The number of benzene rings is 2. The molecule has 0 aliphatic heterocycles. The number of halogens is 3. The minimum Gasteiger partial charge on any atom is -0.505 e. The number of aromatic nitrogens is 3. The molecule has 0 aliphatic carbocycles. The van der Waals surface area contributed by atoms with Gasteiger partial charge in [-0.25, -0.2) is 4.79 Å². The molecular weight excluding hydrogens is 527 g/mol. The smallest absolute Gasteiger partial charge is 0.505 e. The van der Waals surface area contributed by atoms with Crippen molar-refractivity contribution in [2.24, 2.45) is 7.05 Å². The van der Waals surface area contributed by atoms with E-state index in [0.29, 0.717) is 16.3 Å². The SMILES string of the molecule is COc1cccc(Sc2c(O)c3c(=O)n(-c4ccc(OC(F)(F)F)cc4)c4c(c(C)nn4C)c3oc2=O)c1. The van der Waals surface area contributed by atoms with Crippen molar-refractivity contribution in [2.45, 2.75) is 23.1 Å². The summed E-state index contributed by atoms with van der Waals surface area (Å²) in [6, 6.07) is 11.4. The quantitative estimate of drug-likeness (QED) is 0.332. The number of hydrogen-bond acceptors (Lipinski definition) is 8. The van der Waals surface area contributed by atoms with Crippen molar-refractivity contribution >= 4 is 33.8 Å². The lowest BCUT2D eigenvalue weighted by atomic mass is 10.1. The molecule has 0 unspecified atom stereocenters. The van der Waals surface area contributed by atoms with Crippen molar-refractivity contribution in [3.05, 3.63) is 75.0 Å². The molecule has 0 aliphatic rings. The number of alkyl halides is 3. The van der Waals surface area contributed by atoms with Gasteiger partial charge >= 0.3 is 12.0 Å². The van der Waals surface area contributed by atoms with Crippen LogP contribution in [0.15, 0.2) is 72.3 Å². The van der Waals surface area contributed by atoms with E-state index >= 15 is 0 Å². The largest absolute Gasteiger partial charge is 0.573 e. The Kier molecular flexibility index (Phi) is 6.10. The van der Waals surface area contributed by atoms with Gasteiger partial charge in [-0.1, -0.05) is 17.8 Å². The molecule has 0 atom stereocenters. The first-order chi connectivity index (χ1) is 18.0. The number of ether oxygens (including phenoxy) is 2. The number of pyridine rings is 1. The van der Waals surface area contributed by atoms with E-state index in [1.165, 1.54) is 28.5 Å². The third-order valence-electron chi connectivity index (χ3n) is 5.70. The summed E-state index contributed by atoms with van der Waals surface area (Å²) in [5.74, 6) is -0.545. The molecule has 0 spiro atoms. The molecule has 5 aromatic rings. The van der Waals surface area contributed by atoms with Crippen molar-refractivity contribution in [3.63, 3.8) is 0 Å². The molecule has 0 fully saturated rings. The first kappa shape index (κ1) is 25.3. The standard InChI is InChI=1S/C25H18F3N3O6S/c1-12-17-20-18(19(32)21(24(34)36-20)38-16-6-4-5-15(11-16)35-3)23(33)31(22(17)30(2)29-12)13-7-9-14(10-8-13)37-25(26,27)28/h4-11,32H,1-3H3. The molecule has 196 valence electrons. The van der Waals surface area contributed by atoms with Crippen LogP contribution < -0.4 is 20.7 Å². The Morgan fingerprint density at radius 3 is 2.42 bits per heavy atom. The molecule has 0 saturated carbocycles. The monoisotopic (exact) mass is 545 g/mol. The topological polar surface area (TPSA) is 109 Å². The number of hydrogen-bond donors (Lipinski definition) is 1. The van der Waals surface area contributed by atoms with E-state index in [2.05, 4.69) is 9.84 Å². The Balaban J connectivity index is 1.78. The summed E-state index contributed by atoms with van der Waals surface area (Å²) in [6.45, 7) is 1.63. The van der Waals surface area contributed by atoms with E-state index in [0.717, 1.165) is 23.9 Å². The number of aromatic hydroxyl groups is 1. The minimum absolute atomic E-state index is 0.152.